The van der Waals surface area contributed by atoms with Gasteiger partial charge in [-0.25, -0.2) is 4.98 Å². The van der Waals surface area contributed by atoms with E-state index in [1.807, 2.05) is 12.4 Å². The topological polar surface area (TPSA) is 59.8 Å². The molecule has 1 amide bonds. The zero-order valence-corrected chi connectivity index (χ0v) is 16.4. The number of carbonyl (C=O) groups excluding carboxylic acids is 1. The van der Waals surface area contributed by atoms with Crippen molar-refractivity contribution in [3.8, 4) is 0 Å². The maximum absolute atomic E-state index is 11.6. The molecule has 0 N–H and O–H groups in total. The monoisotopic (exact) mass is 352 g/mol. The van der Waals surface area contributed by atoms with E-state index >= 15 is 0 Å². The molecule has 7 heteroatoms. The molecule has 0 aliphatic carbocycles. The molecule has 0 saturated carbocycles. The molecule has 1 aromatic heterocycles. The molecule has 1 fully saturated rings. The molecule has 0 bridgehead atoms. The first-order valence-corrected chi connectivity index (χ1v) is 8.88. The summed E-state index contributed by atoms with van der Waals surface area (Å²) in [6, 6.07) is 0.391. The van der Waals surface area contributed by atoms with Crippen molar-refractivity contribution in [2.45, 2.75) is 52.0 Å². The maximum Gasteiger partial charge on any atom is 0.248 e. The molecule has 142 valence electrons. The Bertz CT molecular complexity index is 568. The Balaban J connectivity index is 1.93. The standard InChI is InChI=1S/C18H32N4O3/c1-14(2)22-8-7-19-16(22)10-21-9-15(25-18(3,4)13-21)11-24-12-17(23)20(5)6/h7-8,14-15H,9-13H2,1-6H3. The number of amides is 1. The van der Waals surface area contributed by atoms with Gasteiger partial charge in [0.1, 0.15) is 12.4 Å². The van der Waals surface area contributed by atoms with Gasteiger partial charge in [-0.3, -0.25) is 9.69 Å². The minimum absolute atomic E-state index is 0.0362. The van der Waals surface area contributed by atoms with Crippen molar-refractivity contribution in [2.24, 2.45) is 0 Å². The molecule has 1 aliphatic rings. The molecule has 2 rings (SSSR count). The number of likely N-dealkylation sites (N-methyl/N-ethyl adjacent to an activating group) is 1. The number of nitrogens with zero attached hydrogens (tertiary/aromatic N) is 4. The van der Waals surface area contributed by atoms with Crippen LogP contribution in [-0.2, 0) is 20.8 Å². The van der Waals surface area contributed by atoms with Gasteiger partial charge in [-0.05, 0) is 27.7 Å². The van der Waals surface area contributed by atoms with Crippen LogP contribution in [-0.4, -0.2) is 77.4 Å². The summed E-state index contributed by atoms with van der Waals surface area (Å²) >= 11 is 0. The molecule has 2 heterocycles. The third-order valence-electron chi connectivity index (χ3n) is 4.25. The molecule has 0 aromatic carbocycles. The number of hydrogen-bond donors (Lipinski definition) is 0. The molecule has 1 atom stereocenters. The Morgan fingerprint density at radius 1 is 1.48 bits per heavy atom. The Hall–Kier alpha value is -1.44. The summed E-state index contributed by atoms with van der Waals surface area (Å²) < 4.78 is 13.9. The van der Waals surface area contributed by atoms with E-state index in [0.29, 0.717) is 12.6 Å². The van der Waals surface area contributed by atoms with E-state index in [9.17, 15) is 4.79 Å². The Morgan fingerprint density at radius 2 is 2.20 bits per heavy atom. The SMILES string of the molecule is CC(C)n1ccnc1CN1CC(COCC(=O)N(C)C)OC(C)(C)C1. The van der Waals surface area contributed by atoms with E-state index < -0.39 is 0 Å². The Morgan fingerprint density at radius 3 is 2.84 bits per heavy atom. The molecule has 7 nitrogen and oxygen atoms in total. The van der Waals surface area contributed by atoms with Gasteiger partial charge in [0.25, 0.3) is 0 Å². The largest absolute Gasteiger partial charge is 0.369 e. The Labute approximate surface area is 150 Å². The zero-order chi connectivity index (χ0) is 18.6. The van der Waals surface area contributed by atoms with E-state index in [1.54, 1.807) is 14.1 Å². The first kappa shape index (κ1) is 19.9. The zero-order valence-electron chi connectivity index (χ0n) is 16.4. The van der Waals surface area contributed by atoms with Crippen molar-refractivity contribution < 1.29 is 14.3 Å². The van der Waals surface area contributed by atoms with Gasteiger partial charge >= 0.3 is 0 Å². The van der Waals surface area contributed by atoms with Gasteiger partial charge < -0.3 is 18.9 Å². The van der Waals surface area contributed by atoms with Crippen molar-refractivity contribution in [1.82, 2.24) is 19.4 Å². The van der Waals surface area contributed by atoms with Gasteiger partial charge in [0.15, 0.2) is 0 Å². The molecule has 1 saturated heterocycles. The van der Waals surface area contributed by atoms with Crippen LogP contribution < -0.4 is 0 Å². The highest BCUT2D eigenvalue weighted by Gasteiger charge is 2.34. The number of hydrogen-bond acceptors (Lipinski definition) is 5. The van der Waals surface area contributed by atoms with Crippen LogP contribution in [0.15, 0.2) is 12.4 Å². The summed E-state index contributed by atoms with van der Waals surface area (Å²) in [6.45, 7) is 11.4. The molecule has 1 aliphatic heterocycles. The minimum atomic E-state index is -0.257. The second kappa shape index (κ2) is 8.29. The quantitative estimate of drug-likeness (QED) is 0.745. The normalized spacial score (nSPS) is 20.8. The molecular formula is C18H32N4O3. The fourth-order valence-corrected chi connectivity index (χ4v) is 3.17. The summed E-state index contributed by atoms with van der Waals surface area (Å²) in [5, 5.41) is 0. The van der Waals surface area contributed by atoms with Crippen LogP contribution in [0, 0.1) is 0 Å². The number of ether oxygens (including phenoxy) is 2. The first-order chi connectivity index (χ1) is 11.7. The van der Waals surface area contributed by atoms with E-state index in [1.165, 1.54) is 4.90 Å². The highest BCUT2D eigenvalue weighted by Crippen LogP contribution is 2.23. The maximum atomic E-state index is 11.6. The van der Waals surface area contributed by atoms with Crippen LogP contribution >= 0.6 is 0 Å². The lowest BCUT2D eigenvalue weighted by molar-refractivity contribution is -0.161. The third kappa shape index (κ3) is 5.80. The van der Waals surface area contributed by atoms with Crippen LogP contribution in [0.4, 0.5) is 0 Å². The predicted molar refractivity (Wildman–Crippen MR) is 96.4 cm³/mol. The van der Waals surface area contributed by atoms with E-state index in [4.69, 9.17) is 9.47 Å². The third-order valence-corrected chi connectivity index (χ3v) is 4.25. The van der Waals surface area contributed by atoms with E-state index in [2.05, 4.69) is 42.1 Å². The minimum Gasteiger partial charge on any atom is -0.369 e. The first-order valence-electron chi connectivity index (χ1n) is 8.88. The van der Waals surface area contributed by atoms with Gasteiger partial charge in [-0.15, -0.1) is 0 Å². The highest BCUT2D eigenvalue weighted by atomic mass is 16.5. The van der Waals surface area contributed by atoms with Crippen LogP contribution in [0.2, 0.25) is 0 Å². The lowest BCUT2D eigenvalue weighted by atomic mass is 10.1. The van der Waals surface area contributed by atoms with Gasteiger partial charge in [-0.2, -0.15) is 0 Å². The fraction of sp³-hybridized carbons (Fsp3) is 0.778. The van der Waals surface area contributed by atoms with Crippen LogP contribution in [0.25, 0.3) is 0 Å². The number of aromatic nitrogens is 2. The van der Waals surface area contributed by atoms with Crippen LogP contribution in [0.5, 0.6) is 0 Å². The molecule has 1 unspecified atom stereocenters. The van der Waals surface area contributed by atoms with Crippen molar-refractivity contribution >= 4 is 5.91 Å². The van der Waals surface area contributed by atoms with E-state index in [0.717, 1.165) is 25.5 Å². The smallest absolute Gasteiger partial charge is 0.248 e. The van der Waals surface area contributed by atoms with Gasteiger partial charge in [0.2, 0.25) is 5.91 Å². The average Bonchev–Trinajstić information content (AvgIpc) is 2.93. The highest BCUT2D eigenvalue weighted by molar-refractivity contribution is 5.76. The Kier molecular flexibility index (Phi) is 6.59. The number of rotatable bonds is 7. The van der Waals surface area contributed by atoms with E-state index in [-0.39, 0.29) is 24.2 Å². The summed E-state index contributed by atoms with van der Waals surface area (Å²) in [4.78, 5) is 20.0. The molecular weight excluding hydrogens is 320 g/mol. The van der Waals surface area contributed by atoms with Gasteiger partial charge in [0, 0.05) is 45.6 Å². The predicted octanol–water partition coefficient (Wildman–Crippen LogP) is 1.55. The van der Waals surface area contributed by atoms with Gasteiger partial charge in [-0.1, -0.05) is 0 Å². The van der Waals surface area contributed by atoms with Crippen molar-refractivity contribution in [1.29, 1.82) is 0 Å². The summed E-state index contributed by atoms with van der Waals surface area (Å²) in [5.41, 5.74) is -0.257. The average molecular weight is 352 g/mol. The lowest BCUT2D eigenvalue weighted by Gasteiger charge is -2.42. The lowest BCUT2D eigenvalue weighted by Crippen LogP contribution is -2.53. The second-order valence-electron chi connectivity index (χ2n) is 7.82. The summed E-state index contributed by atoms with van der Waals surface area (Å²) in [6.07, 6.45) is 3.83. The van der Waals surface area contributed by atoms with Crippen molar-refractivity contribution in [3.63, 3.8) is 0 Å². The second-order valence-corrected chi connectivity index (χ2v) is 7.82. The number of imidazole rings is 1. The molecule has 0 spiro atoms. The fourth-order valence-electron chi connectivity index (χ4n) is 3.17. The van der Waals surface area contributed by atoms with Crippen LogP contribution in [0.3, 0.4) is 0 Å². The molecule has 0 radical (unpaired) electrons. The summed E-state index contributed by atoms with van der Waals surface area (Å²) in [7, 11) is 3.45. The molecule has 1 aromatic rings. The van der Waals surface area contributed by atoms with Crippen molar-refractivity contribution in [2.75, 3.05) is 40.4 Å². The van der Waals surface area contributed by atoms with Crippen LogP contribution in [0.1, 0.15) is 39.6 Å². The summed E-state index contributed by atoms with van der Waals surface area (Å²) in [5.74, 6) is 1.03. The van der Waals surface area contributed by atoms with Gasteiger partial charge in [0.05, 0.1) is 24.9 Å². The molecule has 25 heavy (non-hydrogen) atoms. The number of carbonyl (C=O) groups is 1. The van der Waals surface area contributed by atoms with Crippen molar-refractivity contribution in [3.05, 3.63) is 18.2 Å². The number of morpholine rings is 1.